The molecular weight excluding hydrogens is 88.1 g/mol. The van der Waals surface area contributed by atoms with Crippen LogP contribution in [0.1, 0.15) is 6.92 Å². The molecule has 0 saturated heterocycles. The topological polar surface area (TPSA) is 38.4 Å². The zero-order valence-electron chi connectivity index (χ0n) is 4.68. The fourth-order valence-corrected chi connectivity index (χ4v) is 0.214. The number of aliphatic imine (C=N–C) groups is 1. The van der Waals surface area contributed by atoms with Crippen LogP contribution in [0.5, 0.6) is 0 Å². The third-order valence-corrected chi connectivity index (χ3v) is 0.690. The number of allylic oxidation sites excluding steroid dienone is 1. The highest BCUT2D eigenvalue weighted by atomic mass is 14.7. The van der Waals surface area contributed by atoms with Crippen LogP contribution in [0, 0.1) is 0 Å². The van der Waals surface area contributed by atoms with Gasteiger partial charge in [-0.15, -0.1) is 0 Å². The molecule has 0 aromatic heterocycles. The molecule has 0 aliphatic rings. The van der Waals surface area contributed by atoms with Crippen LogP contribution in [0.15, 0.2) is 17.3 Å². The quantitative estimate of drug-likeness (QED) is 0.478. The first-order chi connectivity index (χ1) is 3.31. The Bertz CT molecular complexity index is 92.3. The summed E-state index contributed by atoms with van der Waals surface area (Å²) in [5.41, 5.74) is 5.99. The third-order valence-electron chi connectivity index (χ3n) is 0.690. The molecule has 40 valence electrons. The van der Waals surface area contributed by atoms with Crippen LogP contribution in [-0.4, -0.2) is 12.8 Å². The average Bonchev–Trinajstić information content (AvgIpc) is 1.68. The molecule has 2 nitrogen and oxygen atoms in total. The van der Waals surface area contributed by atoms with Crippen LogP contribution in [0.4, 0.5) is 0 Å². The van der Waals surface area contributed by atoms with Crippen LogP contribution in [0.2, 0.25) is 0 Å². The molecule has 0 fully saturated rings. The average molecular weight is 98.1 g/mol. The van der Waals surface area contributed by atoms with Crippen LogP contribution >= 0.6 is 0 Å². The molecule has 0 aliphatic carbocycles. The smallest absolute Gasteiger partial charge is 0.0328 e. The SMILES string of the molecule is CN=C(C)C=CN. The van der Waals surface area contributed by atoms with Crippen molar-refractivity contribution in [1.82, 2.24) is 0 Å². The largest absolute Gasteiger partial charge is 0.405 e. The minimum atomic E-state index is 0.947. The van der Waals surface area contributed by atoms with Gasteiger partial charge in [-0.2, -0.15) is 0 Å². The summed E-state index contributed by atoms with van der Waals surface area (Å²) in [7, 11) is 1.73. The van der Waals surface area contributed by atoms with E-state index in [1.807, 2.05) is 6.92 Å². The van der Waals surface area contributed by atoms with E-state index in [0.717, 1.165) is 5.71 Å². The molecule has 0 saturated carbocycles. The molecule has 0 rings (SSSR count). The van der Waals surface area contributed by atoms with Gasteiger partial charge in [-0.25, -0.2) is 0 Å². The second-order valence-electron chi connectivity index (χ2n) is 1.22. The fourth-order valence-electron chi connectivity index (χ4n) is 0.214. The van der Waals surface area contributed by atoms with E-state index in [-0.39, 0.29) is 0 Å². The molecule has 2 N–H and O–H groups in total. The van der Waals surface area contributed by atoms with Gasteiger partial charge in [0.15, 0.2) is 0 Å². The predicted octanol–water partition coefficient (Wildman–Crippen LogP) is 0.550. The fraction of sp³-hybridized carbons (Fsp3) is 0.400. The molecule has 0 aromatic rings. The Hall–Kier alpha value is -0.790. The normalized spacial score (nSPS) is 13.1. The van der Waals surface area contributed by atoms with E-state index >= 15 is 0 Å². The van der Waals surface area contributed by atoms with Crippen LogP contribution < -0.4 is 5.73 Å². The third kappa shape index (κ3) is 3.03. The molecule has 0 spiro atoms. The van der Waals surface area contributed by atoms with Crippen molar-refractivity contribution in [2.75, 3.05) is 7.05 Å². The van der Waals surface area contributed by atoms with Crippen molar-refractivity contribution in [3.05, 3.63) is 12.3 Å². The van der Waals surface area contributed by atoms with Gasteiger partial charge in [-0.3, -0.25) is 4.99 Å². The highest BCUT2D eigenvalue weighted by Gasteiger charge is 1.71. The van der Waals surface area contributed by atoms with Crippen molar-refractivity contribution < 1.29 is 0 Å². The van der Waals surface area contributed by atoms with E-state index in [1.54, 1.807) is 13.1 Å². The summed E-state index contributed by atoms with van der Waals surface area (Å²) in [6, 6.07) is 0. The molecule has 0 bridgehead atoms. The zero-order chi connectivity index (χ0) is 5.70. The standard InChI is InChI=1S/C5H10N2/c1-5(7-2)3-4-6/h3-4H,6H2,1-2H3. The van der Waals surface area contributed by atoms with E-state index in [0.29, 0.717) is 0 Å². The van der Waals surface area contributed by atoms with Gasteiger partial charge < -0.3 is 5.73 Å². The van der Waals surface area contributed by atoms with Gasteiger partial charge in [0.25, 0.3) is 0 Å². The van der Waals surface area contributed by atoms with Crippen molar-refractivity contribution in [2.24, 2.45) is 10.7 Å². The van der Waals surface area contributed by atoms with Crippen molar-refractivity contribution in [2.45, 2.75) is 6.92 Å². The molecule has 0 heterocycles. The van der Waals surface area contributed by atoms with Gasteiger partial charge in [0.1, 0.15) is 0 Å². The van der Waals surface area contributed by atoms with E-state index in [1.165, 1.54) is 6.20 Å². The summed E-state index contributed by atoms with van der Waals surface area (Å²) in [6.07, 6.45) is 3.22. The molecule has 0 amide bonds. The Kier molecular flexibility index (Phi) is 3.02. The van der Waals surface area contributed by atoms with Crippen molar-refractivity contribution >= 4 is 5.71 Å². The molecule has 0 atom stereocenters. The predicted molar refractivity (Wildman–Crippen MR) is 32.4 cm³/mol. The van der Waals surface area contributed by atoms with Crippen LogP contribution in [-0.2, 0) is 0 Å². The second-order valence-corrected chi connectivity index (χ2v) is 1.22. The highest BCUT2D eigenvalue weighted by molar-refractivity contribution is 5.92. The second kappa shape index (κ2) is 3.40. The van der Waals surface area contributed by atoms with Gasteiger partial charge in [0.2, 0.25) is 0 Å². The lowest BCUT2D eigenvalue weighted by Crippen LogP contribution is -1.85. The zero-order valence-corrected chi connectivity index (χ0v) is 4.68. The first-order valence-electron chi connectivity index (χ1n) is 2.13. The van der Waals surface area contributed by atoms with Gasteiger partial charge in [-0.05, 0) is 19.2 Å². The van der Waals surface area contributed by atoms with Gasteiger partial charge >= 0.3 is 0 Å². The Balaban J connectivity index is 3.58. The Morgan fingerprint density at radius 2 is 2.29 bits per heavy atom. The van der Waals surface area contributed by atoms with E-state index in [9.17, 15) is 0 Å². The minimum absolute atomic E-state index is 0.947. The number of nitrogens with zero attached hydrogens (tertiary/aromatic N) is 1. The van der Waals surface area contributed by atoms with Crippen molar-refractivity contribution in [3.8, 4) is 0 Å². The maximum atomic E-state index is 5.04. The maximum absolute atomic E-state index is 5.04. The summed E-state index contributed by atoms with van der Waals surface area (Å²) >= 11 is 0. The monoisotopic (exact) mass is 98.1 g/mol. The Labute approximate surface area is 43.7 Å². The summed E-state index contributed by atoms with van der Waals surface area (Å²) in [5.74, 6) is 0. The number of rotatable bonds is 1. The maximum Gasteiger partial charge on any atom is 0.0328 e. The van der Waals surface area contributed by atoms with Gasteiger partial charge in [-0.1, -0.05) is 0 Å². The summed E-state index contributed by atoms with van der Waals surface area (Å²) < 4.78 is 0. The molecule has 0 unspecified atom stereocenters. The van der Waals surface area contributed by atoms with Crippen LogP contribution in [0.25, 0.3) is 0 Å². The van der Waals surface area contributed by atoms with Gasteiger partial charge in [0.05, 0.1) is 0 Å². The van der Waals surface area contributed by atoms with Crippen LogP contribution in [0.3, 0.4) is 0 Å². The van der Waals surface area contributed by atoms with E-state index in [2.05, 4.69) is 4.99 Å². The minimum Gasteiger partial charge on any atom is -0.405 e. The summed E-state index contributed by atoms with van der Waals surface area (Å²) in [5, 5.41) is 0. The molecule has 0 aliphatic heterocycles. The number of nitrogens with two attached hydrogens (primary N) is 1. The Morgan fingerprint density at radius 3 is 2.43 bits per heavy atom. The molecule has 7 heavy (non-hydrogen) atoms. The van der Waals surface area contributed by atoms with Gasteiger partial charge in [0, 0.05) is 12.8 Å². The van der Waals surface area contributed by atoms with E-state index in [4.69, 9.17) is 5.73 Å². The van der Waals surface area contributed by atoms with E-state index < -0.39 is 0 Å². The number of hydrogen-bond acceptors (Lipinski definition) is 2. The molecular formula is C5H10N2. The lowest BCUT2D eigenvalue weighted by molar-refractivity contribution is 1.43. The highest BCUT2D eigenvalue weighted by Crippen LogP contribution is 1.72. The molecule has 0 aromatic carbocycles. The lowest BCUT2D eigenvalue weighted by atomic mass is 10.4. The summed E-state index contributed by atoms with van der Waals surface area (Å²) in [6.45, 7) is 1.89. The first-order valence-corrected chi connectivity index (χ1v) is 2.13. The van der Waals surface area contributed by atoms with Crippen molar-refractivity contribution in [1.29, 1.82) is 0 Å². The Morgan fingerprint density at radius 1 is 1.71 bits per heavy atom. The molecule has 2 heteroatoms. The lowest BCUT2D eigenvalue weighted by Gasteiger charge is -1.80. The first kappa shape index (κ1) is 6.21. The number of hydrogen-bond donors (Lipinski definition) is 1. The summed E-state index contributed by atoms with van der Waals surface area (Å²) in [4.78, 5) is 3.83. The molecule has 0 radical (unpaired) electrons. The van der Waals surface area contributed by atoms with Crippen molar-refractivity contribution in [3.63, 3.8) is 0 Å².